The minimum Gasteiger partial charge on any atom is -0.461 e. The smallest absolute Gasteiger partial charge is 0.170 e. The monoisotopic (exact) mass is 239 g/mol. The number of furan rings is 1. The molecule has 0 spiro atoms. The van der Waals surface area contributed by atoms with Gasteiger partial charge in [0.05, 0.1) is 29.7 Å². The molecule has 0 unspecified atom stereocenters. The first-order valence-electron chi connectivity index (χ1n) is 5.30. The minimum absolute atomic E-state index is 0.734. The quantitative estimate of drug-likeness (QED) is 0.508. The number of nitrogens with zero attached hydrogens (tertiary/aromatic N) is 4. The summed E-state index contributed by atoms with van der Waals surface area (Å²) in [6.45, 7) is 0. The normalized spacial score (nSPS) is 10.2. The van der Waals surface area contributed by atoms with Gasteiger partial charge in [-0.3, -0.25) is 0 Å². The van der Waals surface area contributed by atoms with Crippen molar-refractivity contribution in [1.29, 1.82) is 0 Å². The third-order valence-corrected chi connectivity index (χ3v) is 2.35. The van der Waals surface area contributed by atoms with Crippen molar-refractivity contribution in [2.24, 2.45) is 0 Å². The van der Waals surface area contributed by atoms with Gasteiger partial charge >= 0.3 is 0 Å². The summed E-state index contributed by atoms with van der Waals surface area (Å²) in [6, 6.07) is 3.72. The van der Waals surface area contributed by atoms with Crippen LogP contribution in [0.3, 0.4) is 0 Å². The highest BCUT2D eigenvalue weighted by atomic mass is 16.3. The molecule has 0 radical (unpaired) electrons. The van der Waals surface area contributed by atoms with Crippen molar-refractivity contribution in [1.82, 2.24) is 24.9 Å². The second-order valence-electron chi connectivity index (χ2n) is 3.49. The molecule has 0 aliphatic carbocycles. The van der Waals surface area contributed by atoms with Gasteiger partial charge in [-0.2, -0.15) is 0 Å². The standard InChI is InChI=1S/C6H5N3.C6H4N2O/c1-2-8-6-3-7-4-9-5(1)6;1-2-9-6-3-7-4-8-5(1)6/h1-4,8H;1-4H. The molecule has 0 aliphatic heterocycles. The molecule has 0 saturated carbocycles. The maximum atomic E-state index is 4.99. The number of hydrogen-bond acceptors (Lipinski definition) is 5. The molecule has 4 aromatic rings. The van der Waals surface area contributed by atoms with E-state index >= 15 is 0 Å². The van der Waals surface area contributed by atoms with Crippen LogP contribution in [-0.4, -0.2) is 24.9 Å². The lowest BCUT2D eigenvalue weighted by molar-refractivity contribution is 0.613. The fourth-order valence-corrected chi connectivity index (χ4v) is 1.51. The molecule has 6 heteroatoms. The largest absolute Gasteiger partial charge is 0.461 e. The summed E-state index contributed by atoms with van der Waals surface area (Å²) < 4.78 is 4.99. The Bertz CT molecular complexity index is 634. The zero-order chi connectivity index (χ0) is 12.2. The predicted octanol–water partition coefficient (Wildman–Crippen LogP) is 2.18. The van der Waals surface area contributed by atoms with Gasteiger partial charge in [0.15, 0.2) is 5.58 Å². The Morgan fingerprint density at radius 3 is 2.61 bits per heavy atom. The van der Waals surface area contributed by atoms with Gasteiger partial charge < -0.3 is 9.40 Å². The third kappa shape index (κ3) is 2.03. The number of H-pyrrole nitrogens is 1. The Hall–Kier alpha value is -2.76. The molecule has 6 nitrogen and oxygen atoms in total. The van der Waals surface area contributed by atoms with Gasteiger partial charge in [-0.05, 0) is 6.07 Å². The molecule has 4 aromatic heterocycles. The van der Waals surface area contributed by atoms with E-state index < -0.39 is 0 Å². The maximum Gasteiger partial charge on any atom is 0.170 e. The number of aromatic amines is 1. The van der Waals surface area contributed by atoms with Crippen molar-refractivity contribution in [2.75, 3.05) is 0 Å². The van der Waals surface area contributed by atoms with Crippen LogP contribution in [0.4, 0.5) is 0 Å². The lowest BCUT2D eigenvalue weighted by Gasteiger charge is -1.82. The van der Waals surface area contributed by atoms with Gasteiger partial charge in [0.2, 0.25) is 0 Å². The molecule has 0 atom stereocenters. The zero-order valence-electron chi connectivity index (χ0n) is 9.32. The first kappa shape index (κ1) is 10.4. The van der Waals surface area contributed by atoms with Crippen LogP contribution in [0.2, 0.25) is 0 Å². The lowest BCUT2D eigenvalue weighted by atomic mass is 10.5. The minimum atomic E-state index is 0.734. The average Bonchev–Trinajstić information content (AvgIpc) is 3.08. The van der Waals surface area contributed by atoms with E-state index in [9.17, 15) is 0 Å². The molecule has 0 fully saturated rings. The van der Waals surface area contributed by atoms with Crippen LogP contribution in [0, 0.1) is 0 Å². The molecule has 88 valence electrons. The summed E-state index contributed by atoms with van der Waals surface area (Å²) >= 11 is 0. The van der Waals surface area contributed by atoms with Crippen molar-refractivity contribution in [2.45, 2.75) is 0 Å². The maximum absolute atomic E-state index is 4.99. The van der Waals surface area contributed by atoms with Crippen molar-refractivity contribution in [3.63, 3.8) is 0 Å². The topological polar surface area (TPSA) is 80.5 Å². The summed E-state index contributed by atoms with van der Waals surface area (Å²) in [5.74, 6) is 0. The van der Waals surface area contributed by atoms with E-state index in [0.29, 0.717) is 0 Å². The van der Waals surface area contributed by atoms with Crippen LogP contribution in [0.5, 0.6) is 0 Å². The number of fused-ring (bicyclic) bond motifs is 2. The average molecular weight is 239 g/mol. The third-order valence-electron chi connectivity index (χ3n) is 2.35. The second-order valence-corrected chi connectivity index (χ2v) is 3.49. The van der Waals surface area contributed by atoms with E-state index in [4.69, 9.17) is 4.42 Å². The fourth-order valence-electron chi connectivity index (χ4n) is 1.51. The van der Waals surface area contributed by atoms with Gasteiger partial charge in [0.25, 0.3) is 0 Å². The van der Waals surface area contributed by atoms with Crippen LogP contribution in [-0.2, 0) is 0 Å². The molecule has 1 N–H and O–H groups in total. The molecule has 4 rings (SSSR count). The number of hydrogen-bond donors (Lipinski definition) is 1. The van der Waals surface area contributed by atoms with E-state index in [1.807, 2.05) is 12.3 Å². The molecule has 0 amide bonds. The van der Waals surface area contributed by atoms with Crippen molar-refractivity contribution in [3.05, 3.63) is 49.6 Å². The van der Waals surface area contributed by atoms with Crippen LogP contribution >= 0.6 is 0 Å². The summed E-state index contributed by atoms with van der Waals surface area (Å²) in [5, 5.41) is 0. The van der Waals surface area contributed by atoms with Crippen LogP contribution in [0.1, 0.15) is 0 Å². The van der Waals surface area contributed by atoms with Gasteiger partial charge in [-0.25, -0.2) is 19.9 Å². The molecule has 0 bridgehead atoms. The zero-order valence-corrected chi connectivity index (χ0v) is 9.32. The van der Waals surface area contributed by atoms with Crippen LogP contribution in [0.15, 0.2) is 54.1 Å². The Morgan fingerprint density at radius 1 is 0.944 bits per heavy atom. The van der Waals surface area contributed by atoms with Gasteiger partial charge in [-0.1, -0.05) is 0 Å². The molecule has 4 heterocycles. The van der Waals surface area contributed by atoms with E-state index in [1.54, 1.807) is 24.7 Å². The molecule has 0 saturated heterocycles. The van der Waals surface area contributed by atoms with Crippen molar-refractivity contribution >= 4 is 22.1 Å². The highest BCUT2D eigenvalue weighted by molar-refractivity contribution is 5.72. The van der Waals surface area contributed by atoms with Crippen molar-refractivity contribution in [3.8, 4) is 0 Å². The molecular formula is C12H9N5O. The number of nitrogens with one attached hydrogen (secondary N) is 1. The predicted molar refractivity (Wildman–Crippen MR) is 65.7 cm³/mol. The fraction of sp³-hybridized carbons (Fsp3) is 0. The van der Waals surface area contributed by atoms with Gasteiger partial charge in [0.1, 0.15) is 18.2 Å². The van der Waals surface area contributed by atoms with E-state index in [1.165, 1.54) is 12.7 Å². The van der Waals surface area contributed by atoms with Gasteiger partial charge in [0, 0.05) is 12.3 Å². The van der Waals surface area contributed by atoms with E-state index in [0.717, 1.165) is 22.1 Å². The Kier molecular flexibility index (Phi) is 2.67. The first-order valence-corrected chi connectivity index (χ1v) is 5.30. The van der Waals surface area contributed by atoms with E-state index in [-0.39, 0.29) is 0 Å². The summed E-state index contributed by atoms with van der Waals surface area (Å²) in [4.78, 5) is 18.6. The molecule has 0 aliphatic rings. The highest BCUT2D eigenvalue weighted by Crippen LogP contribution is 2.08. The SMILES string of the molecule is c1ncc2[nH]ccc2n1.c1ncc2occc2n1. The van der Waals surface area contributed by atoms with Gasteiger partial charge in [-0.15, -0.1) is 0 Å². The van der Waals surface area contributed by atoms with Crippen molar-refractivity contribution < 1.29 is 4.42 Å². The van der Waals surface area contributed by atoms with Crippen LogP contribution < -0.4 is 0 Å². The number of aromatic nitrogens is 5. The molecule has 18 heavy (non-hydrogen) atoms. The Labute approximate surface area is 102 Å². The lowest BCUT2D eigenvalue weighted by Crippen LogP contribution is -1.74. The molecular weight excluding hydrogens is 230 g/mol. The number of rotatable bonds is 0. The summed E-state index contributed by atoms with van der Waals surface area (Å²) in [7, 11) is 0. The summed E-state index contributed by atoms with van der Waals surface area (Å²) in [6.07, 6.45) is 9.87. The Balaban J connectivity index is 0.000000111. The molecule has 0 aromatic carbocycles. The Morgan fingerprint density at radius 2 is 1.78 bits per heavy atom. The second kappa shape index (κ2) is 4.62. The summed E-state index contributed by atoms with van der Waals surface area (Å²) in [5.41, 5.74) is 3.53. The van der Waals surface area contributed by atoms with Crippen LogP contribution in [0.25, 0.3) is 22.1 Å². The first-order chi connectivity index (χ1) is 8.93. The highest BCUT2D eigenvalue weighted by Gasteiger charge is 1.92. The van der Waals surface area contributed by atoms with E-state index in [2.05, 4.69) is 24.9 Å².